The topological polar surface area (TPSA) is 71.8 Å². The largest absolute Gasteiger partial charge is 0.414 e. The average molecular weight is 617 g/mol. The van der Waals surface area contributed by atoms with E-state index in [4.69, 9.17) is 18.0 Å². The highest BCUT2D eigenvalue weighted by Crippen LogP contribution is 2.46. The molecular weight excluding hydrogens is 561 g/mol. The number of hydrogen-bond donors (Lipinski definition) is 0. The molecule has 0 aromatic carbocycles. The number of hydrogen-bond acceptors (Lipinski definition) is 7. The van der Waals surface area contributed by atoms with E-state index in [-0.39, 0.29) is 39.0 Å². The highest BCUT2D eigenvalue weighted by Gasteiger charge is 2.55. The zero-order valence-corrected chi connectivity index (χ0v) is 31.3. The van der Waals surface area contributed by atoms with Crippen molar-refractivity contribution in [1.82, 2.24) is 9.55 Å². The standard InChI is InChI=1S/C28H56N2O5SSi3/c1-26(2,3)37(11,12)32-19-20-22(34-38(13,14)27(4,5)6)23(35-39(15,16)28(7,8)9)24(33-20)30-18-17-21(31)29-25(30)36-10/h17-18,20,22-24H,19H2,1-16H3/t20-,22?,23?,24-/m1/s1. The van der Waals surface area contributed by atoms with Crippen LogP contribution in [0.2, 0.25) is 54.4 Å². The molecule has 1 saturated heterocycles. The molecule has 0 amide bonds. The molecule has 1 aromatic rings. The molecule has 2 heterocycles. The Bertz CT molecular complexity index is 1040. The Labute approximate surface area is 245 Å². The molecule has 0 spiro atoms. The average Bonchev–Trinajstić information content (AvgIpc) is 3.05. The molecule has 226 valence electrons. The number of thioether (sulfide) groups is 1. The fourth-order valence-electron chi connectivity index (χ4n) is 3.62. The second-order valence-corrected chi connectivity index (χ2v) is 30.6. The van der Waals surface area contributed by atoms with Crippen LogP contribution in [0, 0.1) is 0 Å². The Balaban J connectivity index is 2.68. The molecule has 2 unspecified atom stereocenters. The smallest absolute Gasteiger partial charge is 0.273 e. The molecule has 0 bridgehead atoms. The zero-order chi connectivity index (χ0) is 30.4. The minimum absolute atomic E-state index is 0.00106. The highest BCUT2D eigenvalue weighted by molar-refractivity contribution is 7.98. The minimum atomic E-state index is -2.24. The molecular formula is C28H56N2O5SSi3. The fraction of sp³-hybridized carbons (Fsp3) is 0.857. The molecule has 7 nitrogen and oxygen atoms in total. The van der Waals surface area contributed by atoms with E-state index in [9.17, 15) is 4.79 Å². The maximum absolute atomic E-state index is 12.2. The molecule has 0 aliphatic carbocycles. The van der Waals surface area contributed by atoms with E-state index < -0.39 is 31.2 Å². The Morgan fingerprint density at radius 2 is 1.31 bits per heavy atom. The summed E-state index contributed by atoms with van der Waals surface area (Å²) in [6.45, 7) is 34.4. The number of rotatable bonds is 9. The molecule has 0 saturated carbocycles. The van der Waals surface area contributed by atoms with Gasteiger partial charge in [-0.25, -0.2) is 0 Å². The molecule has 0 radical (unpaired) electrons. The number of nitrogens with zero attached hydrogens (tertiary/aromatic N) is 2. The summed E-state index contributed by atoms with van der Waals surface area (Å²) >= 11 is 1.43. The van der Waals surface area contributed by atoms with Crippen molar-refractivity contribution >= 4 is 36.7 Å². The first-order chi connectivity index (χ1) is 17.3. The quantitative estimate of drug-likeness (QED) is 0.160. The third-order valence-electron chi connectivity index (χ3n) is 9.44. The van der Waals surface area contributed by atoms with Crippen molar-refractivity contribution in [2.75, 3.05) is 12.9 Å². The van der Waals surface area contributed by atoms with Gasteiger partial charge in [-0.2, -0.15) is 4.98 Å². The summed E-state index contributed by atoms with van der Waals surface area (Å²) in [7, 11) is -6.50. The lowest BCUT2D eigenvalue weighted by atomic mass is 10.1. The predicted octanol–water partition coefficient (Wildman–Crippen LogP) is 7.67. The van der Waals surface area contributed by atoms with Crippen molar-refractivity contribution in [3.05, 3.63) is 22.6 Å². The Morgan fingerprint density at radius 3 is 1.74 bits per heavy atom. The van der Waals surface area contributed by atoms with Gasteiger partial charge in [0, 0.05) is 12.3 Å². The first-order valence-corrected chi connectivity index (χ1v) is 24.1. The zero-order valence-electron chi connectivity index (χ0n) is 27.5. The van der Waals surface area contributed by atoms with E-state index in [1.165, 1.54) is 17.8 Å². The van der Waals surface area contributed by atoms with Gasteiger partial charge in [0.1, 0.15) is 18.3 Å². The van der Waals surface area contributed by atoms with Gasteiger partial charge >= 0.3 is 0 Å². The van der Waals surface area contributed by atoms with Crippen molar-refractivity contribution in [3.63, 3.8) is 0 Å². The predicted molar refractivity (Wildman–Crippen MR) is 171 cm³/mol. The van der Waals surface area contributed by atoms with Crippen LogP contribution >= 0.6 is 11.8 Å². The molecule has 1 fully saturated rings. The van der Waals surface area contributed by atoms with Gasteiger partial charge < -0.3 is 18.0 Å². The van der Waals surface area contributed by atoms with E-state index in [1.54, 1.807) is 6.20 Å². The van der Waals surface area contributed by atoms with Crippen LogP contribution in [0.5, 0.6) is 0 Å². The van der Waals surface area contributed by atoms with Gasteiger partial charge in [0.05, 0.1) is 6.61 Å². The lowest BCUT2D eigenvalue weighted by Crippen LogP contribution is -2.54. The third kappa shape index (κ3) is 7.97. The fourth-order valence-corrected chi connectivity index (χ4v) is 7.79. The summed E-state index contributed by atoms with van der Waals surface area (Å²) in [6.07, 6.45) is 2.22. The van der Waals surface area contributed by atoms with Crippen molar-refractivity contribution < 1.29 is 18.0 Å². The van der Waals surface area contributed by atoms with Crippen LogP contribution < -0.4 is 5.56 Å². The van der Waals surface area contributed by atoms with Gasteiger partial charge in [0.2, 0.25) is 0 Å². The SMILES string of the molecule is CSc1nc(=O)ccn1[C@@H]1O[C@H](CO[Si](C)(C)C(C)(C)C)C(O[Si](C)(C)C(C)(C)C)C1O[Si](C)(C)C(C)(C)C. The summed E-state index contributed by atoms with van der Waals surface area (Å²) in [5.41, 5.74) is -0.262. The van der Waals surface area contributed by atoms with Gasteiger partial charge in [-0.1, -0.05) is 74.1 Å². The van der Waals surface area contributed by atoms with Crippen LogP contribution in [0.1, 0.15) is 68.5 Å². The van der Waals surface area contributed by atoms with E-state index in [0.717, 1.165) is 0 Å². The summed E-state index contributed by atoms with van der Waals surface area (Å²) in [5.74, 6) is 0. The van der Waals surface area contributed by atoms with Crippen LogP contribution in [0.25, 0.3) is 0 Å². The van der Waals surface area contributed by atoms with Gasteiger partial charge in [0.15, 0.2) is 36.3 Å². The Hall–Kier alpha value is -0.279. The molecule has 1 aliphatic heterocycles. The molecule has 4 atom stereocenters. The van der Waals surface area contributed by atoms with Crippen LogP contribution in [-0.2, 0) is 18.0 Å². The van der Waals surface area contributed by atoms with E-state index in [1.807, 2.05) is 10.8 Å². The van der Waals surface area contributed by atoms with Gasteiger partial charge in [-0.15, -0.1) is 0 Å². The first kappa shape index (κ1) is 34.9. The normalized spacial score (nSPS) is 23.9. The molecule has 1 aromatic heterocycles. The van der Waals surface area contributed by atoms with Crippen molar-refractivity contribution in [3.8, 4) is 0 Å². The lowest BCUT2D eigenvalue weighted by Gasteiger charge is -2.44. The summed E-state index contributed by atoms with van der Waals surface area (Å²) in [5, 5.41) is 0.694. The van der Waals surface area contributed by atoms with E-state index in [0.29, 0.717) is 11.8 Å². The molecule has 0 N–H and O–H groups in total. The van der Waals surface area contributed by atoms with Gasteiger partial charge in [-0.05, 0) is 60.7 Å². The van der Waals surface area contributed by atoms with Gasteiger partial charge in [0.25, 0.3) is 5.56 Å². The lowest BCUT2D eigenvalue weighted by molar-refractivity contribution is -0.0537. The van der Waals surface area contributed by atoms with E-state index in [2.05, 4.69) is 107 Å². The van der Waals surface area contributed by atoms with Crippen molar-refractivity contribution in [1.29, 1.82) is 0 Å². The second kappa shape index (κ2) is 11.8. The summed E-state index contributed by atoms with van der Waals surface area (Å²) in [6, 6.07) is 1.50. The minimum Gasteiger partial charge on any atom is -0.414 e. The summed E-state index contributed by atoms with van der Waals surface area (Å²) in [4.78, 5) is 16.4. The first-order valence-electron chi connectivity index (χ1n) is 14.1. The van der Waals surface area contributed by atoms with E-state index >= 15 is 0 Å². The van der Waals surface area contributed by atoms with Crippen molar-refractivity contribution in [2.45, 2.75) is 146 Å². The monoisotopic (exact) mass is 616 g/mol. The molecule has 39 heavy (non-hydrogen) atoms. The Morgan fingerprint density at radius 1 is 0.846 bits per heavy atom. The van der Waals surface area contributed by atoms with Crippen LogP contribution in [0.3, 0.4) is 0 Å². The Kier molecular flexibility index (Phi) is 10.5. The number of ether oxygens (including phenoxy) is 1. The third-order valence-corrected chi connectivity index (χ3v) is 23.6. The molecule has 1 aliphatic rings. The van der Waals surface area contributed by atoms with Crippen molar-refractivity contribution in [2.24, 2.45) is 0 Å². The van der Waals surface area contributed by atoms with Crippen LogP contribution in [-0.4, -0.2) is 65.7 Å². The van der Waals surface area contributed by atoms with Crippen LogP contribution in [0.4, 0.5) is 0 Å². The summed E-state index contributed by atoms with van der Waals surface area (Å²) < 4.78 is 30.0. The highest BCUT2D eigenvalue weighted by atomic mass is 32.2. The van der Waals surface area contributed by atoms with Crippen LogP contribution in [0.15, 0.2) is 22.2 Å². The molecule has 2 rings (SSSR count). The second-order valence-electron chi connectivity index (χ2n) is 15.5. The maximum Gasteiger partial charge on any atom is 0.273 e. The molecule has 11 heteroatoms. The maximum atomic E-state index is 12.2. The van der Waals surface area contributed by atoms with Gasteiger partial charge in [-0.3, -0.25) is 9.36 Å². The number of aromatic nitrogens is 2.